The van der Waals surface area contributed by atoms with Crippen LogP contribution in [-0.4, -0.2) is 107 Å². The average molecular weight is 424 g/mol. The second-order valence-corrected chi connectivity index (χ2v) is 8.68. The van der Waals surface area contributed by atoms with E-state index < -0.39 is 0 Å². The zero-order valence-electron chi connectivity index (χ0n) is 19.5. The first-order chi connectivity index (χ1) is 14.3. The molecule has 1 aromatic heterocycles. The number of aromatic nitrogens is 1. The molecular weight excluding hydrogens is 382 g/mol. The molecule has 0 unspecified atom stereocenters. The number of nitrogens with zero attached hydrogens (tertiary/aromatic N) is 5. The highest BCUT2D eigenvalue weighted by Gasteiger charge is 2.23. The molecule has 30 heavy (non-hydrogen) atoms. The Morgan fingerprint density at radius 2 is 1.77 bits per heavy atom. The van der Waals surface area contributed by atoms with Gasteiger partial charge in [-0.05, 0) is 33.7 Å². The third kappa shape index (κ3) is 7.65. The van der Waals surface area contributed by atoms with E-state index in [0.29, 0.717) is 37.3 Å². The van der Waals surface area contributed by atoms with Crippen LogP contribution < -0.4 is 0 Å². The highest BCUT2D eigenvalue weighted by atomic mass is 16.3. The van der Waals surface area contributed by atoms with Crippen LogP contribution in [0.2, 0.25) is 0 Å². The lowest BCUT2D eigenvalue weighted by Gasteiger charge is -2.35. The van der Waals surface area contributed by atoms with Crippen LogP contribution in [0.4, 0.5) is 0 Å². The number of aliphatic hydroxyl groups excluding tert-OH is 1. The van der Waals surface area contributed by atoms with Gasteiger partial charge >= 0.3 is 0 Å². The molecule has 1 fully saturated rings. The van der Waals surface area contributed by atoms with Gasteiger partial charge in [-0.1, -0.05) is 13.8 Å². The first-order valence-corrected chi connectivity index (χ1v) is 11.4. The predicted octanol–water partition coefficient (Wildman–Crippen LogP) is 1.76. The van der Waals surface area contributed by atoms with Gasteiger partial charge in [0.25, 0.3) is 5.91 Å². The van der Waals surface area contributed by atoms with Crippen molar-refractivity contribution in [3.63, 3.8) is 0 Å². The third-order valence-corrected chi connectivity index (χ3v) is 5.72. The van der Waals surface area contributed by atoms with Crippen molar-refractivity contribution in [2.75, 3.05) is 59.4 Å². The van der Waals surface area contributed by atoms with Crippen molar-refractivity contribution in [1.29, 1.82) is 0 Å². The number of aliphatic hydroxyl groups is 1. The number of rotatable bonds is 12. The zero-order chi connectivity index (χ0) is 22.1. The molecule has 0 aromatic carbocycles. The van der Waals surface area contributed by atoms with Gasteiger partial charge in [-0.2, -0.15) is 0 Å². The minimum atomic E-state index is -0.335. The summed E-state index contributed by atoms with van der Waals surface area (Å²) in [6.45, 7) is 15.5. The quantitative estimate of drug-likeness (QED) is 0.549. The van der Waals surface area contributed by atoms with E-state index in [2.05, 4.69) is 47.4 Å². The molecule has 1 N–H and O–H groups in total. The van der Waals surface area contributed by atoms with Gasteiger partial charge in [0.05, 0.1) is 12.6 Å². The smallest absolute Gasteiger partial charge is 0.275 e. The molecule has 1 saturated heterocycles. The molecule has 1 atom stereocenters. The molecule has 1 aliphatic heterocycles. The number of amides is 1. The number of β-amino-alcohol motifs (C(OH)–C–C–N with tert-alkyl or cyclic N) is 1. The van der Waals surface area contributed by atoms with E-state index in [1.807, 2.05) is 11.9 Å². The lowest BCUT2D eigenvalue weighted by atomic mass is 10.2. The molecule has 0 radical (unpaired) electrons. The van der Waals surface area contributed by atoms with E-state index in [9.17, 15) is 9.90 Å². The van der Waals surface area contributed by atoms with E-state index >= 15 is 0 Å². The van der Waals surface area contributed by atoms with E-state index in [1.165, 1.54) is 6.26 Å². The summed E-state index contributed by atoms with van der Waals surface area (Å²) >= 11 is 0. The van der Waals surface area contributed by atoms with Crippen molar-refractivity contribution in [2.45, 2.75) is 59.2 Å². The van der Waals surface area contributed by atoms with E-state index in [1.54, 1.807) is 0 Å². The zero-order valence-corrected chi connectivity index (χ0v) is 19.5. The van der Waals surface area contributed by atoms with Crippen molar-refractivity contribution in [3.05, 3.63) is 17.8 Å². The fourth-order valence-electron chi connectivity index (χ4n) is 3.72. The van der Waals surface area contributed by atoms with Gasteiger partial charge in [-0.3, -0.25) is 14.6 Å². The number of hydrogen-bond donors (Lipinski definition) is 1. The molecule has 172 valence electrons. The fraction of sp³-hybridized carbons (Fsp3) is 0.818. The number of carbonyl (C=O) groups excluding carboxylic acids is 1. The van der Waals surface area contributed by atoms with Crippen LogP contribution in [0.5, 0.6) is 0 Å². The van der Waals surface area contributed by atoms with E-state index in [4.69, 9.17) is 4.42 Å². The molecular formula is C22H41N5O3. The van der Waals surface area contributed by atoms with Gasteiger partial charge in [-0.15, -0.1) is 0 Å². The Labute approximate surface area is 181 Å². The van der Waals surface area contributed by atoms with E-state index in [0.717, 1.165) is 52.1 Å². The SMILES string of the molecule is CCCN(CCC)C(=O)c1coc(CN2CCN(C[C@@H](O)CN(C)C(C)C)CC2)n1. The normalized spacial score (nSPS) is 17.1. The Morgan fingerprint density at radius 3 is 2.33 bits per heavy atom. The molecule has 1 aromatic rings. The van der Waals surface area contributed by atoms with Crippen molar-refractivity contribution >= 4 is 5.91 Å². The van der Waals surface area contributed by atoms with Gasteiger partial charge in [-0.25, -0.2) is 4.98 Å². The van der Waals surface area contributed by atoms with Crippen LogP contribution in [0.1, 0.15) is 56.9 Å². The summed E-state index contributed by atoms with van der Waals surface area (Å²) in [6.07, 6.45) is 3.03. The Balaban J connectivity index is 1.78. The standard InChI is InChI=1S/C22H41N5O3/c1-6-8-27(9-7-2)22(29)20-17-30-21(23-20)16-26-12-10-25(11-13-26)15-19(28)14-24(5)18(3)4/h17-19,28H,6-16H2,1-5H3/t19-/m0/s1. The van der Waals surface area contributed by atoms with E-state index in [-0.39, 0.29) is 12.0 Å². The molecule has 1 amide bonds. The molecule has 2 rings (SSSR count). The number of likely N-dealkylation sites (N-methyl/N-ethyl adjacent to an activating group) is 1. The summed E-state index contributed by atoms with van der Waals surface area (Å²) in [7, 11) is 2.05. The Kier molecular flexibility index (Phi) is 10.2. The van der Waals surface area contributed by atoms with Crippen LogP contribution in [0, 0.1) is 0 Å². The summed E-state index contributed by atoms with van der Waals surface area (Å²) < 4.78 is 5.59. The van der Waals surface area contributed by atoms with Crippen molar-refractivity contribution in [1.82, 2.24) is 24.6 Å². The first kappa shape index (κ1) is 24.8. The minimum absolute atomic E-state index is 0.0427. The van der Waals surface area contributed by atoms with Crippen LogP contribution in [-0.2, 0) is 6.54 Å². The van der Waals surface area contributed by atoms with Gasteiger partial charge in [0.1, 0.15) is 6.26 Å². The highest BCUT2D eigenvalue weighted by molar-refractivity contribution is 5.91. The molecule has 0 aliphatic carbocycles. The fourth-order valence-corrected chi connectivity index (χ4v) is 3.72. The lowest BCUT2D eigenvalue weighted by molar-refractivity contribution is 0.0469. The number of carbonyl (C=O) groups is 1. The Hall–Kier alpha value is -1.48. The van der Waals surface area contributed by atoms with Gasteiger partial charge in [0.2, 0.25) is 5.89 Å². The maximum absolute atomic E-state index is 12.7. The molecule has 0 saturated carbocycles. The topological polar surface area (TPSA) is 76.3 Å². The second-order valence-electron chi connectivity index (χ2n) is 8.68. The number of oxazole rings is 1. The number of piperazine rings is 1. The maximum atomic E-state index is 12.7. The molecule has 0 bridgehead atoms. The average Bonchev–Trinajstić information content (AvgIpc) is 3.17. The lowest BCUT2D eigenvalue weighted by Crippen LogP contribution is -2.49. The number of hydrogen-bond acceptors (Lipinski definition) is 7. The molecule has 8 nitrogen and oxygen atoms in total. The van der Waals surface area contributed by atoms with Crippen LogP contribution in [0.3, 0.4) is 0 Å². The van der Waals surface area contributed by atoms with Crippen LogP contribution >= 0.6 is 0 Å². The van der Waals surface area contributed by atoms with Crippen molar-refractivity contribution < 1.29 is 14.3 Å². The first-order valence-electron chi connectivity index (χ1n) is 11.4. The van der Waals surface area contributed by atoms with Crippen molar-refractivity contribution in [2.24, 2.45) is 0 Å². The molecule has 0 spiro atoms. The van der Waals surface area contributed by atoms with Crippen LogP contribution in [0.15, 0.2) is 10.7 Å². The summed E-state index contributed by atoms with van der Waals surface area (Å²) in [5.41, 5.74) is 0.405. The van der Waals surface area contributed by atoms with Gasteiger partial charge < -0.3 is 19.3 Å². The Morgan fingerprint density at radius 1 is 1.17 bits per heavy atom. The molecule has 8 heteroatoms. The third-order valence-electron chi connectivity index (χ3n) is 5.72. The summed E-state index contributed by atoms with van der Waals surface area (Å²) in [5, 5.41) is 10.3. The monoisotopic (exact) mass is 423 g/mol. The van der Waals surface area contributed by atoms with Gasteiger partial charge in [0, 0.05) is 58.4 Å². The maximum Gasteiger partial charge on any atom is 0.275 e. The van der Waals surface area contributed by atoms with Gasteiger partial charge in [0.15, 0.2) is 5.69 Å². The molecule has 1 aliphatic rings. The molecule has 2 heterocycles. The second kappa shape index (κ2) is 12.4. The summed E-state index contributed by atoms with van der Waals surface area (Å²) in [6, 6.07) is 0.435. The Bertz CT molecular complexity index is 622. The van der Waals surface area contributed by atoms with Crippen molar-refractivity contribution in [3.8, 4) is 0 Å². The highest BCUT2D eigenvalue weighted by Crippen LogP contribution is 2.12. The summed E-state index contributed by atoms with van der Waals surface area (Å²) in [5.74, 6) is 0.553. The predicted molar refractivity (Wildman–Crippen MR) is 118 cm³/mol. The van der Waals surface area contributed by atoms with Crippen LogP contribution in [0.25, 0.3) is 0 Å². The summed E-state index contributed by atoms with van der Waals surface area (Å²) in [4.78, 5) is 25.7. The largest absolute Gasteiger partial charge is 0.447 e. The minimum Gasteiger partial charge on any atom is -0.447 e.